The van der Waals surface area contributed by atoms with E-state index >= 15 is 0 Å². The molecule has 1 unspecified atom stereocenters. The molecule has 0 radical (unpaired) electrons. The van der Waals surface area contributed by atoms with Crippen LogP contribution in [-0.4, -0.2) is 30.8 Å². The number of hydrogen-bond acceptors (Lipinski definition) is 5. The van der Waals surface area contributed by atoms with Gasteiger partial charge in [0.1, 0.15) is 22.9 Å². The monoisotopic (exact) mass is 394 g/mol. The Balaban J connectivity index is 1.95. The number of nitrogens with zero attached hydrogens (tertiary/aromatic N) is 3. The van der Waals surface area contributed by atoms with Crippen molar-refractivity contribution in [2.45, 2.75) is 13.0 Å². The summed E-state index contributed by atoms with van der Waals surface area (Å²) in [5.41, 5.74) is 0.502. The molecule has 24 heavy (non-hydrogen) atoms. The molecule has 0 saturated carbocycles. The summed E-state index contributed by atoms with van der Waals surface area (Å²) in [6.07, 6.45) is 2.78. The Labute approximate surface area is 143 Å². The summed E-state index contributed by atoms with van der Waals surface area (Å²) < 4.78 is 15.1. The van der Waals surface area contributed by atoms with Crippen LogP contribution in [-0.2, 0) is 0 Å². The SMILES string of the molecule is CC(Nc1ccn2ncc(C(=O)O)c2n1)c1cc(F)cc(Br)c1O. The highest BCUT2D eigenvalue weighted by Crippen LogP contribution is 2.34. The smallest absolute Gasteiger partial charge is 0.341 e. The van der Waals surface area contributed by atoms with Crippen molar-refractivity contribution in [3.8, 4) is 5.75 Å². The van der Waals surface area contributed by atoms with Crippen LogP contribution in [0.15, 0.2) is 35.1 Å². The van der Waals surface area contributed by atoms with Crippen LogP contribution in [0.4, 0.5) is 10.2 Å². The topological polar surface area (TPSA) is 99.8 Å². The summed E-state index contributed by atoms with van der Waals surface area (Å²) in [6.45, 7) is 1.72. The molecular weight excluding hydrogens is 383 g/mol. The van der Waals surface area contributed by atoms with Gasteiger partial charge in [0.25, 0.3) is 0 Å². The molecule has 3 rings (SSSR count). The zero-order valence-electron chi connectivity index (χ0n) is 12.4. The van der Waals surface area contributed by atoms with Crippen LogP contribution < -0.4 is 5.32 Å². The molecule has 1 atom stereocenters. The third-order valence-corrected chi connectivity index (χ3v) is 4.09. The third kappa shape index (κ3) is 2.90. The second kappa shape index (κ2) is 6.08. The second-order valence-corrected chi connectivity index (χ2v) is 5.99. The summed E-state index contributed by atoms with van der Waals surface area (Å²) in [5.74, 6) is -1.32. The minimum Gasteiger partial charge on any atom is -0.506 e. The predicted molar refractivity (Wildman–Crippen MR) is 87.7 cm³/mol. The van der Waals surface area contributed by atoms with Crippen molar-refractivity contribution < 1.29 is 19.4 Å². The normalized spacial score (nSPS) is 12.3. The van der Waals surface area contributed by atoms with Gasteiger partial charge in [-0.25, -0.2) is 18.7 Å². The number of phenols is 1. The van der Waals surface area contributed by atoms with Crippen molar-refractivity contribution in [2.24, 2.45) is 0 Å². The molecule has 0 saturated heterocycles. The van der Waals surface area contributed by atoms with E-state index in [9.17, 15) is 14.3 Å². The average molecular weight is 395 g/mol. The number of aromatic nitrogens is 3. The van der Waals surface area contributed by atoms with Crippen LogP contribution in [0.25, 0.3) is 5.65 Å². The Kier molecular flexibility index (Phi) is 4.10. The number of aromatic hydroxyl groups is 1. The standard InChI is InChI=1S/C15H12BrFN4O3/c1-7(9-4-8(17)5-11(16)13(9)22)19-12-2-3-21-14(20-12)10(6-18-21)15(23)24/h2-7,22H,1H3,(H,19,20)(H,23,24). The minimum absolute atomic E-state index is 0.0253. The van der Waals surface area contributed by atoms with Gasteiger partial charge >= 0.3 is 5.97 Å². The lowest BCUT2D eigenvalue weighted by atomic mass is 10.1. The van der Waals surface area contributed by atoms with Gasteiger partial charge in [0.05, 0.1) is 16.7 Å². The first-order valence-corrected chi connectivity index (χ1v) is 7.68. The lowest BCUT2D eigenvalue weighted by Crippen LogP contribution is -2.10. The molecule has 2 aromatic heterocycles. The predicted octanol–water partition coefficient (Wildman–Crippen LogP) is 3.21. The van der Waals surface area contributed by atoms with Crippen molar-refractivity contribution in [1.29, 1.82) is 0 Å². The summed E-state index contributed by atoms with van der Waals surface area (Å²) in [6, 6.07) is 3.52. The molecule has 9 heteroatoms. The van der Waals surface area contributed by atoms with E-state index in [1.165, 1.54) is 22.8 Å². The van der Waals surface area contributed by atoms with E-state index in [0.717, 1.165) is 0 Å². The number of phenolic OH excluding ortho intramolecular Hbond substituents is 1. The largest absolute Gasteiger partial charge is 0.506 e. The van der Waals surface area contributed by atoms with E-state index in [1.807, 2.05) is 0 Å². The Bertz CT molecular complexity index is 944. The Hall–Kier alpha value is -2.68. The third-order valence-electron chi connectivity index (χ3n) is 3.49. The van der Waals surface area contributed by atoms with Crippen molar-refractivity contribution >= 4 is 33.4 Å². The number of hydrogen-bond donors (Lipinski definition) is 3. The van der Waals surface area contributed by atoms with Crippen LogP contribution in [0.3, 0.4) is 0 Å². The number of carbonyl (C=O) groups is 1. The number of aromatic carboxylic acids is 1. The van der Waals surface area contributed by atoms with Crippen molar-refractivity contribution in [2.75, 3.05) is 5.32 Å². The molecule has 0 spiro atoms. The van der Waals surface area contributed by atoms with Crippen LogP contribution in [0.2, 0.25) is 0 Å². The lowest BCUT2D eigenvalue weighted by Gasteiger charge is -2.17. The number of fused-ring (bicyclic) bond motifs is 1. The molecule has 0 amide bonds. The number of nitrogens with one attached hydrogen (secondary N) is 1. The van der Waals surface area contributed by atoms with Gasteiger partial charge in [0, 0.05) is 11.8 Å². The first kappa shape index (κ1) is 16.2. The zero-order chi connectivity index (χ0) is 17.4. The number of carboxylic acid groups (broad SMARTS) is 1. The fourth-order valence-electron chi connectivity index (χ4n) is 2.32. The average Bonchev–Trinajstić information content (AvgIpc) is 2.94. The van der Waals surface area contributed by atoms with Gasteiger partial charge in [-0.2, -0.15) is 5.10 Å². The molecule has 0 aliphatic carbocycles. The highest BCUT2D eigenvalue weighted by atomic mass is 79.9. The summed E-state index contributed by atoms with van der Waals surface area (Å²) >= 11 is 3.09. The van der Waals surface area contributed by atoms with Gasteiger partial charge in [0.2, 0.25) is 0 Å². The maximum Gasteiger partial charge on any atom is 0.341 e. The summed E-state index contributed by atoms with van der Waals surface area (Å²) in [5, 5.41) is 26.1. The minimum atomic E-state index is -1.13. The fourth-order valence-corrected chi connectivity index (χ4v) is 2.76. The number of anilines is 1. The van der Waals surface area contributed by atoms with E-state index in [-0.39, 0.29) is 21.4 Å². The number of benzene rings is 1. The Morgan fingerprint density at radius 1 is 1.46 bits per heavy atom. The number of halogens is 2. The van der Waals surface area contributed by atoms with Gasteiger partial charge < -0.3 is 15.5 Å². The molecule has 0 aliphatic rings. The zero-order valence-corrected chi connectivity index (χ0v) is 14.0. The van der Waals surface area contributed by atoms with E-state index in [4.69, 9.17) is 5.11 Å². The first-order chi connectivity index (χ1) is 11.4. The van der Waals surface area contributed by atoms with Crippen LogP contribution in [0.1, 0.15) is 28.9 Å². The maximum atomic E-state index is 13.6. The molecule has 3 N–H and O–H groups in total. The van der Waals surface area contributed by atoms with Gasteiger partial charge in [-0.15, -0.1) is 0 Å². The summed E-state index contributed by atoms with van der Waals surface area (Å²) in [4.78, 5) is 15.4. The number of carboxylic acids is 1. The molecular formula is C15H12BrFN4O3. The highest BCUT2D eigenvalue weighted by Gasteiger charge is 2.17. The molecule has 7 nitrogen and oxygen atoms in total. The van der Waals surface area contributed by atoms with Gasteiger partial charge in [-0.1, -0.05) is 0 Å². The van der Waals surface area contributed by atoms with Crippen molar-refractivity contribution in [1.82, 2.24) is 14.6 Å². The Morgan fingerprint density at radius 3 is 2.92 bits per heavy atom. The number of rotatable bonds is 4. The second-order valence-electron chi connectivity index (χ2n) is 5.14. The molecule has 124 valence electrons. The Morgan fingerprint density at radius 2 is 2.21 bits per heavy atom. The van der Waals surface area contributed by atoms with Crippen LogP contribution >= 0.6 is 15.9 Å². The van der Waals surface area contributed by atoms with E-state index in [2.05, 4.69) is 31.3 Å². The molecule has 2 heterocycles. The van der Waals surface area contributed by atoms with Crippen LogP contribution in [0.5, 0.6) is 5.75 Å². The maximum absolute atomic E-state index is 13.6. The van der Waals surface area contributed by atoms with Crippen LogP contribution in [0, 0.1) is 5.82 Å². The molecule has 1 aromatic carbocycles. The van der Waals surface area contributed by atoms with E-state index < -0.39 is 17.8 Å². The van der Waals surface area contributed by atoms with E-state index in [0.29, 0.717) is 11.4 Å². The fraction of sp³-hybridized carbons (Fsp3) is 0.133. The molecule has 3 aromatic rings. The van der Waals surface area contributed by atoms with Gasteiger partial charge in [0.15, 0.2) is 5.65 Å². The van der Waals surface area contributed by atoms with Gasteiger partial charge in [-0.05, 0) is 41.1 Å². The molecule has 0 bridgehead atoms. The quantitative estimate of drug-likeness (QED) is 0.628. The highest BCUT2D eigenvalue weighted by molar-refractivity contribution is 9.10. The van der Waals surface area contributed by atoms with Crippen molar-refractivity contribution in [3.63, 3.8) is 0 Å². The van der Waals surface area contributed by atoms with Gasteiger partial charge in [-0.3, -0.25) is 0 Å². The lowest BCUT2D eigenvalue weighted by molar-refractivity contribution is 0.0698. The van der Waals surface area contributed by atoms with E-state index in [1.54, 1.807) is 19.2 Å². The summed E-state index contributed by atoms with van der Waals surface area (Å²) in [7, 11) is 0. The molecule has 0 fully saturated rings. The first-order valence-electron chi connectivity index (χ1n) is 6.89. The molecule has 0 aliphatic heterocycles. The van der Waals surface area contributed by atoms with Crippen molar-refractivity contribution in [3.05, 3.63) is 52.0 Å².